The molecule has 3 rings (SSSR count). The summed E-state index contributed by atoms with van der Waals surface area (Å²) in [4.78, 5) is 35.3. The van der Waals surface area contributed by atoms with E-state index in [1.54, 1.807) is 6.20 Å². The summed E-state index contributed by atoms with van der Waals surface area (Å²) in [6.07, 6.45) is 5.10. The molecule has 7 nitrogen and oxygen atoms in total. The number of aromatic nitrogens is 1. The molecule has 0 N–H and O–H groups in total. The van der Waals surface area contributed by atoms with E-state index in [2.05, 4.69) is 14.8 Å². The fraction of sp³-hybridized carbons (Fsp3) is 0.632. The van der Waals surface area contributed by atoms with Crippen molar-refractivity contribution in [2.75, 3.05) is 57.3 Å². The minimum atomic E-state index is -0.181. The van der Waals surface area contributed by atoms with Gasteiger partial charge in [-0.2, -0.15) is 0 Å². The number of carbonyl (C=O) groups is 2. The number of anilines is 1. The number of nitrogens with zero attached hydrogens (tertiary/aromatic N) is 4. The van der Waals surface area contributed by atoms with E-state index in [9.17, 15) is 9.59 Å². The summed E-state index contributed by atoms with van der Waals surface area (Å²) in [6.45, 7) is 7.23. The number of pyridine rings is 1. The van der Waals surface area contributed by atoms with Crippen LogP contribution in [0.3, 0.4) is 0 Å². The molecule has 26 heavy (non-hydrogen) atoms. The molecule has 0 spiro atoms. The van der Waals surface area contributed by atoms with Crippen molar-refractivity contribution in [1.82, 2.24) is 14.8 Å². The van der Waals surface area contributed by atoms with Crippen molar-refractivity contribution < 1.29 is 14.3 Å². The fourth-order valence-corrected chi connectivity index (χ4v) is 3.59. The molecule has 0 radical (unpaired) electrons. The summed E-state index contributed by atoms with van der Waals surface area (Å²) < 4.78 is 5.02. The summed E-state index contributed by atoms with van der Waals surface area (Å²) in [5.41, 5.74) is 0.688. The zero-order valence-electron chi connectivity index (χ0n) is 15.5. The Labute approximate surface area is 154 Å². The molecule has 2 aliphatic rings. The lowest BCUT2D eigenvalue weighted by atomic mass is 10.1. The summed E-state index contributed by atoms with van der Waals surface area (Å²) in [5.74, 6) is 0.667. The van der Waals surface area contributed by atoms with Crippen molar-refractivity contribution in [2.24, 2.45) is 0 Å². The largest absolute Gasteiger partial charge is 0.465 e. The van der Waals surface area contributed by atoms with E-state index in [1.165, 1.54) is 6.42 Å². The number of carbonyl (C=O) groups excluding carboxylic acids is 2. The van der Waals surface area contributed by atoms with Crippen LogP contribution in [0.2, 0.25) is 0 Å². The number of piperazine rings is 1. The van der Waals surface area contributed by atoms with Crippen molar-refractivity contribution in [3.05, 3.63) is 23.9 Å². The average Bonchev–Trinajstić information content (AvgIpc) is 2.69. The van der Waals surface area contributed by atoms with Gasteiger partial charge in [0.2, 0.25) is 0 Å². The number of rotatable bonds is 5. The van der Waals surface area contributed by atoms with Crippen LogP contribution in [-0.2, 0) is 9.53 Å². The number of hydrogen-bond acceptors (Lipinski definition) is 6. The second-order valence-corrected chi connectivity index (χ2v) is 6.80. The Morgan fingerprint density at radius 2 is 1.81 bits per heavy atom. The van der Waals surface area contributed by atoms with Crippen molar-refractivity contribution in [2.45, 2.75) is 26.2 Å². The SMILES string of the molecule is CCOC(=O)CN1CCN(c2ncccc2C(=O)N2CCCCC2)CC1. The van der Waals surface area contributed by atoms with Gasteiger partial charge in [0, 0.05) is 45.5 Å². The van der Waals surface area contributed by atoms with Gasteiger partial charge in [-0.05, 0) is 38.3 Å². The van der Waals surface area contributed by atoms with Crippen LogP contribution in [0.1, 0.15) is 36.5 Å². The van der Waals surface area contributed by atoms with Gasteiger partial charge in [0.05, 0.1) is 18.7 Å². The lowest BCUT2D eigenvalue weighted by molar-refractivity contribution is -0.144. The first-order valence-corrected chi connectivity index (χ1v) is 9.56. The maximum absolute atomic E-state index is 12.9. The molecule has 1 aromatic rings. The summed E-state index contributed by atoms with van der Waals surface area (Å²) >= 11 is 0. The third-order valence-electron chi connectivity index (χ3n) is 4.99. The number of likely N-dealkylation sites (tertiary alicyclic amines) is 1. The molecular formula is C19H28N4O3. The molecule has 142 valence electrons. The summed E-state index contributed by atoms with van der Waals surface area (Å²) in [5, 5.41) is 0. The van der Waals surface area contributed by atoms with Gasteiger partial charge in [-0.15, -0.1) is 0 Å². The van der Waals surface area contributed by atoms with Crippen molar-refractivity contribution in [3.8, 4) is 0 Å². The van der Waals surface area contributed by atoms with Crippen molar-refractivity contribution in [1.29, 1.82) is 0 Å². The first-order chi connectivity index (χ1) is 12.7. The zero-order valence-corrected chi connectivity index (χ0v) is 15.5. The Hall–Kier alpha value is -2.15. The van der Waals surface area contributed by atoms with Gasteiger partial charge in [-0.25, -0.2) is 4.98 Å². The minimum Gasteiger partial charge on any atom is -0.465 e. The van der Waals surface area contributed by atoms with Gasteiger partial charge in [-0.1, -0.05) is 0 Å². The van der Waals surface area contributed by atoms with E-state index in [0.29, 0.717) is 18.7 Å². The van der Waals surface area contributed by atoms with Crippen LogP contribution in [0.15, 0.2) is 18.3 Å². The van der Waals surface area contributed by atoms with Gasteiger partial charge in [0.25, 0.3) is 5.91 Å². The van der Waals surface area contributed by atoms with Crippen molar-refractivity contribution >= 4 is 17.7 Å². The van der Waals surface area contributed by atoms with Crippen LogP contribution < -0.4 is 4.90 Å². The number of esters is 1. The standard InChI is InChI=1S/C19H28N4O3/c1-2-26-17(24)15-21-11-13-22(14-12-21)18-16(7-6-8-20-18)19(25)23-9-4-3-5-10-23/h6-8H,2-5,9-15H2,1H3. The Morgan fingerprint density at radius 3 is 2.50 bits per heavy atom. The van der Waals surface area contributed by atoms with E-state index in [0.717, 1.165) is 57.9 Å². The van der Waals surface area contributed by atoms with Gasteiger partial charge in [0.1, 0.15) is 5.82 Å². The molecule has 3 heterocycles. The smallest absolute Gasteiger partial charge is 0.320 e. The average molecular weight is 360 g/mol. The normalized spacial score (nSPS) is 18.7. The van der Waals surface area contributed by atoms with Gasteiger partial charge >= 0.3 is 5.97 Å². The van der Waals surface area contributed by atoms with Gasteiger partial charge in [0.15, 0.2) is 0 Å². The lowest BCUT2D eigenvalue weighted by Gasteiger charge is -2.36. The number of piperidine rings is 1. The van der Waals surface area contributed by atoms with Crippen LogP contribution in [-0.4, -0.2) is 79.1 Å². The zero-order chi connectivity index (χ0) is 18.4. The molecule has 7 heteroatoms. The summed E-state index contributed by atoms with van der Waals surface area (Å²) in [7, 11) is 0. The Bertz CT molecular complexity index is 623. The second kappa shape index (κ2) is 8.98. The molecule has 0 aliphatic carbocycles. The highest BCUT2D eigenvalue weighted by Crippen LogP contribution is 2.22. The number of hydrogen-bond donors (Lipinski definition) is 0. The monoisotopic (exact) mass is 360 g/mol. The summed E-state index contributed by atoms with van der Waals surface area (Å²) in [6, 6.07) is 3.71. The van der Waals surface area contributed by atoms with Crippen LogP contribution in [0.5, 0.6) is 0 Å². The molecule has 2 aliphatic heterocycles. The highest BCUT2D eigenvalue weighted by molar-refractivity contribution is 5.99. The molecule has 0 aromatic carbocycles. The van der Waals surface area contributed by atoms with Crippen LogP contribution in [0.4, 0.5) is 5.82 Å². The van der Waals surface area contributed by atoms with Gasteiger partial charge in [-0.3, -0.25) is 14.5 Å². The molecular weight excluding hydrogens is 332 g/mol. The molecule has 2 fully saturated rings. The molecule has 1 amide bonds. The molecule has 0 saturated carbocycles. The Kier molecular flexibility index (Phi) is 6.44. The quantitative estimate of drug-likeness (QED) is 0.740. The van der Waals surface area contributed by atoms with Crippen LogP contribution >= 0.6 is 0 Å². The number of amides is 1. The third-order valence-corrected chi connectivity index (χ3v) is 4.99. The lowest BCUT2D eigenvalue weighted by Crippen LogP contribution is -2.49. The van der Waals surface area contributed by atoms with Gasteiger partial charge < -0.3 is 14.5 Å². The third kappa shape index (κ3) is 4.52. The maximum atomic E-state index is 12.9. The van der Waals surface area contributed by atoms with Crippen LogP contribution in [0, 0.1) is 0 Å². The first kappa shape index (κ1) is 18.6. The van der Waals surface area contributed by atoms with E-state index < -0.39 is 0 Å². The maximum Gasteiger partial charge on any atom is 0.320 e. The molecule has 1 aromatic heterocycles. The molecule has 0 atom stereocenters. The van der Waals surface area contributed by atoms with E-state index in [1.807, 2.05) is 24.0 Å². The molecule has 0 unspecified atom stereocenters. The van der Waals surface area contributed by atoms with E-state index in [4.69, 9.17) is 4.74 Å². The Balaban J connectivity index is 1.63. The minimum absolute atomic E-state index is 0.0850. The van der Waals surface area contributed by atoms with Crippen molar-refractivity contribution in [3.63, 3.8) is 0 Å². The number of ether oxygens (including phenoxy) is 1. The van der Waals surface area contributed by atoms with Crippen LogP contribution in [0.25, 0.3) is 0 Å². The second-order valence-electron chi connectivity index (χ2n) is 6.80. The first-order valence-electron chi connectivity index (χ1n) is 9.56. The highest BCUT2D eigenvalue weighted by Gasteiger charge is 2.26. The van der Waals surface area contributed by atoms with E-state index >= 15 is 0 Å². The molecule has 0 bridgehead atoms. The fourth-order valence-electron chi connectivity index (χ4n) is 3.59. The highest BCUT2D eigenvalue weighted by atomic mass is 16.5. The Morgan fingerprint density at radius 1 is 1.08 bits per heavy atom. The predicted molar refractivity (Wildman–Crippen MR) is 99.3 cm³/mol. The topological polar surface area (TPSA) is 66.0 Å². The van der Waals surface area contributed by atoms with E-state index in [-0.39, 0.29) is 11.9 Å². The predicted octanol–water partition coefficient (Wildman–Crippen LogP) is 1.39. The molecule has 2 saturated heterocycles.